The van der Waals surface area contributed by atoms with Crippen LogP contribution >= 0.6 is 11.8 Å². The molecule has 2 heterocycles. The van der Waals surface area contributed by atoms with E-state index in [1.165, 1.54) is 37.4 Å². The third kappa shape index (κ3) is 4.00. The summed E-state index contributed by atoms with van der Waals surface area (Å²) in [5, 5.41) is 15.7. The van der Waals surface area contributed by atoms with Gasteiger partial charge < -0.3 is 10.1 Å². The Bertz CT molecular complexity index is 604. The SMILES string of the molecule is C[C@H](NC(=O)CSc1nnnn1C[C@@H]1CCCO1)[C@H]1C[C@H]2CC[C@H]1C2. The van der Waals surface area contributed by atoms with Gasteiger partial charge in [0.1, 0.15) is 0 Å². The highest BCUT2D eigenvalue weighted by molar-refractivity contribution is 7.99. The van der Waals surface area contributed by atoms with E-state index >= 15 is 0 Å². The molecule has 5 atom stereocenters. The smallest absolute Gasteiger partial charge is 0.230 e. The molecular weight excluding hydrogens is 338 g/mol. The Morgan fingerprint density at radius 1 is 1.40 bits per heavy atom. The number of thioether (sulfide) groups is 1. The first-order valence-electron chi connectivity index (χ1n) is 9.49. The first kappa shape index (κ1) is 17.3. The molecule has 1 aliphatic heterocycles. The molecule has 138 valence electrons. The molecule has 2 bridgehead atoms. The van der Waals surface area contributed by atoms with Crippen LogP contribution in [0.4, 0.5) is 0 Å². The molecule has 3 fully saturated rings. The molecular formula is C17H27N5O2S. The molecule has 8 heteroatoms. The van der Waals surface area contributed by atoms with Crippen molar-refractivity contribution in [3.63, 3.8) is 0 Å². The number of hydrogen-bond acceptors (Lipinski definition) is 6. The summed E-state index contributed by atoms with van der Waals surface area (Å²) in [6.45, 7) is 3.65. The maximum absolute atomic E-state index is 12.3. The molecule has 4 rings (SSSR count). The van der Waals surface area contributed by atoms with Gasteiger partial charge in [0, 0.05) is 12.6 Å². The monoisotopic (exact) mass is 365 g/mol. The topological polar surface area (TPSA) is 81.9 Å². The van der Waals surface area contributed by atoms with E-state index in [1.807, 2.05) is 0 Å². The third-order valence-corrected chi connectivity index (χ3v) is 7.01. The number of carbonyl (C=O) groups is 1. The Kier molecular flexibility index (Phi) is 5.26. The van der Waals surface area contributed by atoms with Crippen LogP contribution in [0.2, 0.25) is 0 Å². The van der Waals surface area contributed by atoms with Gasteiger partial charge >= 0.3 is 0 Å². The van der Waals surface area contributed by atoms with E-state index in [0.717, 1.165) is 31.3 Å². The van der Waals surface area contributed by atoms with Crippen molar-refractivity contribution < 1.29 is 9.53 Å². The maximum Gasteiger partial charge on any atom is 0.230 e. The molecule has 0 spiro atoms. The zero-order valence-corrected chi connectivity index (χ0v) is 15.6. The average molecular weight is 366 g/mol. The number of aromatic nitrogens is 4. The van der Waals surface area contributed by atoms with Crippen molar-refractivity contribution in [1.82, 2.24) is 25.5 Å². The lowest BCUT2D eigenvalue weighted by Gasteiger charge is -2.28. The highest BCUT2D eigenvalue weighted by Crippen LogP contribution is 2.49. The number of hydrogen-bond donors (Lipinski definition) is 1. The fourth-order valence-electron chi connectivity index (χ4n) is 4.83. The van der Waals surface area contributed by atoms with Crippen molar-refractivity contribution >= 4 is 17.7 Å². The summed E-state index contributed by atoms with van der Waals surface area (Å²) in [4.78, 5) is 12.3. The van der Waals surface area contributed by atoms with Gasteiger partial charge in [0.15, 0.2) is 0 Å². The van der Waals surface area contributed by atoms with Gasteiger partial charge in [-0.15, -0.1) is 5.10 Å². The first-order chi connectivity index (χ1) is 12.2. The second kappa shape index (κ2) is 7.61. The van der Waals surface area contributed by atoms with Gasteiger partial charge in [0.2, 0.25) is 11.1 Å². The summed E-state index contributed by atoms with van der Waals surface area (Å²) in [6.07, 6.45) is 7.74. The predicted molar refractivity (Wildman–Crippen MR) is 94.1 cm³/mol. The van der Waals surface area contributed by atoms with Crippen LogP contribution in [0.15, 0.2) is 5.16 Å². The minimum atomic E-state index is 0.0759. The van der Waals surface area contributed by atoms with Gasteiger partial charge in [-0.3, -0.25) is 4.79 Å². The van der Waals surface area contributed by atoms with Gasteiger partial charge in [0.05, 0.1) is 18.4 Å². The first-order valence-corrected chi connectivity index (χ1v) is 10.5. The molecule has 1 aromatic rings. The summed E-state index contributed by atoms with van der Waals surface area (Å²) in [5.74, 6) is 2.83. The highest BCUT2D eigenvalue weighted by Gasteiger charge is 2.42. The van der Waals surface area contributed by atoms with Crippen LogP contribution in [-0.4, -0.2) is 50.6 Å². The number of fused-ring (bicyclic) bond motifs is 2. The van der Waals surface area contributed by atoms with Crippen LogP contribution < -0.4 is 5.32 Å². The van der Waals surface area contributed by atoms with Crippen molar-refractivity contribution in [2.24, 2.45) is 17.8 Å². The molecule has 7 nitrogen and oxygen atoms in total. The van der Waals surface area contributed by atoms with E-state index in [4.69, 9.17) is 4.74 Å². The zero-order valence-electron chi connectivity index (χ0n) is 14.8. The molecule has 1 N–H and O–H groups in total. The number of ether oxygens (including phenoxy) is 1. The standard InChI is InChI=1S/C17H27N5O2S/c1-11(15-8-12-4-5-13(15)7-12)18-16(23)10-25-17-19-20-21-22(17)9-14-3-2-6-24-14/h11-15H,2-10H2,1H3,(H,18,23)/t11-,12-,13-,14-,15+/m0/s1. The second-order valence-corrected chi connectivity index (χ2v) is 8.70. The van der Waals surface area contributed by atoms with Crippen molar-refractivity contribution in [3.8, 4) is 0 Å². The molecule has 2 aliphatic carbocycles. The largest absolute Gasteiger partial charge is 0.376 e. The predicted octanol–water partition coefficient (Wildman–Crippen LogP) is 1.89. The zero-order chi connectivity index (χ0) is 17.2. The number of rotatable bonds is 7. The van der Waals surface area contributed by atoms with E-state index < -0.39 is 0 Å². The molecule has 0 unspecified atom stereocenters. The number of amides is 1. The summed E-state index contributed by atoms with van der Waals surface area (Å²) in [7, 11) is 0. The highest BCUT2D eigenvalue weighted by atomic mass is 32.2. The minimum Gasteiger partial charge on any atom is -0.376 e. The molecule has 3 aliphatic rings. The molecule has 25 heavy (non-hydrogen) atoms. The lowest BCUT2D eigenvalue weighted by molar-refractivity contribution is -0.119. The van der Waals surface area contributed by atoms with Crippen LogP contribution in [0.3, 0.4) is 0 Å². The summed E-state index contributed by atoms with van der Waals surface area (Å²) < 4.78 is 7.39. The molecule has 1 amide bonds. The molecule has 1 saturated heterocycles. The maximum atomic E-state index is 12.3. The molecule has 0 aromatic carbocycles. The Labute approximate surface area is 152 Å². The Morgan fingerprint density at radius 2 is 2.32 bits per heavy atom. The average Bonchev–Trinajstić information content (AvgIpc) is 3.38. The van der Waals surface area contributed by atoms with Gasteiger partial charge in [-0.1, -0.05) is 18.2 Å². The van der Waals surface area contributed by atoms with Crippen molar-refractivity contribution in [2.75, 3.05) is 12.4 Å². The van der Waals surface area contributed by atoms with E-state index in [-0.39, 0.29) is 18.1 Å². The lowest BCUT2D eigenvalue weighted by Crippen LogP contribution is -2.41. The van der Waals surface area contributed by atoms with Gasteiger partial charge in [-0.25, -0.2) is 4.68 Å². The fourth-order valence-corrected chi connectivity index (χ4v) is 5.53. The van der Waals surface area contributed by atoms with Crippen LogP contribution in [0.25, 0.3) is 0 Å². The summed E-state index contributed by atoms with van der Waals surface area (Å²) in [6, 6.07) is 0.270. The van der Waals surface area contributed by atoms with Crippen LogP contribution in [0.5, 0.6) is 0 Å². The summed E-state index contributed by atoms with van der Waals surface area (Å²) >= 11 is 1.40. The normalized spacial score (nSPS) is 32.2. The van der Waals surface area contributed by atoms with Crippen molar-refractivity contribution in [1.29, 1.82) is 0 Å². The Hall–Kier alpha value is -1.15. The van der Waals surface area contributed by atoms with Gasteiger partial charge in [-0.05, 0) is 67.2 Å². The van der Waals surface area contributed by atoms with E-state index in [0.29, 0.717) is 23.4 Å². The molecule has 2 saturated carbocycles. The van der Waals surface area contributed by atoms with Crippen molar-refractivity contribution in [3.05, 3.63) is 0 Å². The quantitative estimate of drug-likeness (QED) is 0.743. The minimum absolute atomic E-state index is 0.0759. The number of nitrogens with one attached hydrogen (secondary N) is 1. The molecule has 0 radical (unpaired) electrons. The van der Waals surface area contributed by atoms with Crippen LogP contribution in [0.1, 0.15) is 45.4 Å². The number of tetrazole rings is 1. The Morgan fingerprint density at radius 3 is 3.04 bits per heavy atom. The van der Waals surface area contributed by atoms with E-state index in [1.54, 1.807) is 4.68 Å². The van der Waals surface area contributed by atoms with Crippen molar-refractivity contribution in [2.45, 2.75) is 69.3 Å². The second-order valence-electron chi connectivity index (χ2n) is 7.76. The van der Waals surface area contributed by atoms with E-state index in [2.05, 4.69) is 27.8 Å². The third-order valence-electron chi connectivity index (χ3n) is 6.06. The number of carbonyl (C=O) groups excluding carboxylic acids is 1. The molecule has 1 aromatic heterocycles. The summed E-state index contributed by atoms with van der Waals surface area (Å²) in [5.41, 5.74) is 0. The number of nitrogens with zero attached hydrogens (tertiary/aromatic N) is 4. The van der Waals surface area contributed by atoms with Crippen LogP contribution in [-0.2, 0) is 16.1 Å². The van der Waals surface area contributed by atoms with Gasteiger partial charge in [-0.2, -0.15) is 0 Å². The van der Waals surface area contributed by atoms with Crippen LogP contribution in [0, 0.1) is 17.8 Å². The van der Waals surface area contributed by atoms with E-state index in [9.17, 15) is 4.79 Å². The van der Waals surface area contributed by atoms with Gasteiger partial charge in [0.25, 0.3) is 0 Å². The Balaban J connectivity index is 1.24. The lowest BCUT2D eigenvalue weighted by atomic mass is 9.84. The fraction of sp³-hybridized carbons (Fsp3) is 0.882.